The van der Waals surface area contributed by atoms with Gasteiger partial charge in [-0.25, -0.2) is 14.8 Å². The van der Waals surface area contributed by atoms with Crippen LogP contribution in [-0.4, -0.2) is 81.8 Å². The fourth-order valence-corrected chi connectivity index (χ4v) is 5.87. The third-order valence-electron chi connectivity index (χ3n) is 7.04. The van der Waals surface area contributed by atoms with Crippen molar-refractivity contribution >= 4 is 29.6 Å². The molecular weight excluding hydrogens is 450 g/mol. The number of hydrogen-bond acceptors (Lipinski definition) is 5. The third-order valence-corrected chi connectivity index (χ3v) is 8.20. The SMILES string of the molecule is CCC(C)[C@H]1C(=O)N(CCC2CC=CS2)C[C@H]2N1C(=O)CN(C)N2C(=O)NCc1ccccc1. The Labute approximate surface area is 206 Å². The molecule has 0 aromatic heterocycles. The molecule has 1 aromatic rings. The minimum absolute atomic E-state index is 0.00177. The highest BCUT2D eigenvalue weighted by Gasteiger charge is 2.51. The maximum Gasteiger partial charge on any atom is 0.334 e. The number of amides is 4. The summed E-state index contributed by atoms with van der Waals surface area (Å²) in [5.74, 6) is -0.0977. The lowest BCUT2D eigenvalue weighted by molar-refractivity contribution is -0.190. The molecule has 3 heterocycles. The highest BCUT2D eigenvalue weighted by molar-refractivity contribution is 8.03. The summed E-state index contributed by atoms with van der Waals surface area (Å²) >= 11 is 1.81. The summed E-state index contributed by atoms with van der Waals surface area (Å²) in [5, 5.41) is 8.92. The van der Waals surface area contributed by atoms with Gasteiger partial charge in [0.05, 0.1) is 13.1 Å². The standard InChI is InChI=1S/C25H35N5O3S/c1-4-18(2)23-24(32)28(13-12-20-11-8-14-34-20)16-21-29(23)22(31)17-27(3)30(21)25(33)26-15-19-9-6-5-7-10-19/h5-10,14,18,20-21,23H,4,11-13,15-17H2,1-3H3,(H,26,33)/t18?,20?,21-,23-/m0/s1. The van der Waals surface area contributed by atoms with E-state index >= 15 is 0 Å². The van der Waals surface area contributed by atoms with E-state index in [1.54, 1.807) is 22.0 Å². The van der Waals surface area contributed by atoms with Gasteiger partial charge in [0.2, 0.25) is 11.8 Å². The maximum atomic E-state index is 13.6. The number of nitrogens with one attached hydrogen (secondary N) is 1. The highest BCUT2D eigenvalue weighted by Crippen LogP contribution is 2.32. The molecule has 0 radical (unpaired) electrons. The Hall–Kier alpha value is -2.52. The fraction of sp³-hybridized carbons (Fsp3) is 0.560. The monoisotopic (exact) mass is 485 g/mol. The predicted molar refractivity (Wildman–Crippen MR) is 133 cm³/mol. The smallest absolute Gasteiger partial charge is 0.334 e. The number of benzene rings is 1. The largest absolute Gasteiger partial charge is 0.337 e. The summed E-state index contributed by atoms with van der Waals surface area (Å²) in [6.07, 6.45) is 4.34. The number of carbonyl (C=O) groups is 3. The van der Waals surface area contributed by atoms with Crippen molar-refractivity contribution in [2.45, 2.75) is 57.1 Å². The van der Waals surface area contributed by atoms with Crippen LogP contribution in [-0.2, 0) is 16.1 Å². The first-order valence-electron chi connectivity index (χ1n) is 12.1. The molecule has 3 aliphatic rings. The van der Waals surface area contributed by atoms with Crippen LogP contribution in [0.3, 0.4) is 0 Å². The topological polar surface area (TPSA) is 76.2 Å². The number of carbonyl (C=O) groups excluding carboxylic acids is 3. The second-order valence-corrected chi connectivity index (χ2v) is 10.6. The summed E-state index contributed by atoms with van der Waals surface area (Å²) in [5.41, 5.74) is 1.00. The second-order valence-electron chi connectivity index (χ2n) is 9.36. The van der Waals surface area contributed by atoms with E-state index in [0.717, 1.165) is 24.8 Å². The van der Waals surface area contributed by atoms with Crippen molar-refractivity contribution in [1.29, 1.82) is 0 Å². The summed E-state index contributed by atoms with van der Waals surface area (Å²) in [7, 11) is 1.76. The molecule has 4 rings (SSSR count). The average Bonchev–Trinajstić information content (AvgIpc) is 3.35. The predicted octanol–water partition coefficient (Wildman–Crippen LogP) is 2.88. The van der Waals surface area contributed by atoms with Crippen molar-refractivity contribution in [3.63, 3.8) is 0 Å². The molecule has 4 atom stereocenters. The number of hydrogen-bond donors (Lipinski definition) is 1. The zero-order valence-corrected chi connectivity index (χ0v) is 21.0. The van der Waals surface area contributed by atoms with Crippen LogP contribution in [0, 0.1) is 5.92 Å². The molecule has 4 amide bonds. The van der Waals surface area contributed by atoms with Gasteiger partial charge in [0, 0.05) is 25.4 Å². The minimum Gasteiger partial charge on any atom is -0.337 e. The van der Waals surface area contributed by atoms with E-state index in [4.69, 9.17) is 0 Å². The van der Waals surface area contributed by atoms with Gasteiger partial charge in [-0.2, -0.15) is 0 Å². The summed E-state index contributed by atoms with van der Waals surface area (Å²) in [4.78, 5) is 43.7. The third kappa shape index (κ3) is 5.10. The van der Waals surface area contributed by atoms with E-state index in [0.29, 0.717) is 24.9 Å². The Morgan fingerprint density at radius 3 is 2.68 bits per heavy atom. The van der Waals surface area contributed by atoms with Crippen LogP contribution < -0.4 is 5.32 Å². The molecule has 8 nitrogen and oxygen atoms in total. The quantitative estimate of drug-likeness (QED) is 0.643. The van der Waals surface area contributed by atoms with Crippen LogP contribution >= 0.6 is 11.8 Å². The van der Waals surface area contributed by atoms with E-state index in [9.17, 15) is 14.4 Å². The van der Waals surface area contributed by atoms with Gasteiger partial charge in [0.15, 0.2) is 0 Å². The van der Waals surface area contributed by atoms with Gasteiger partial charge in [0.25, 0.3) is 0 Å². The van der Waals surface area contributed by atoms with Gasteiger partial charge in [-0.3, -0.25) is 9.59 Å². The zero-order valence-electron chi connectivity index (χ0n) is 20.2. The molecule has 2 saturated heterocycles. The van der Waals surface area contributed by atoms with E-state index in [1.165, 1.54) is 0 Å². The van der Waals surface area contributed by atoms with Crippen molar-refractivity contribution in [2.75, 3.05) is 26.7 Å². The van der Waals surface area contributed by atoms with Crippen molar-refractivity contribution < 1.29 is 14.4 Å². The van der Waals surface area contributed by atoms with Crippen LogP contribution in [0.1, 0.15) is 38.7 Å². The van der Waals surface area contributed by atoms with Gasteiger partial charge in [-0.05, 0) is 29.7 Å². The molecule has 0 aliphatic carbocycles. The molecule has 1 aromatic carbocycles. The van der Waals surface area contributed by atoms with Gasteiger partial charge in [-0.1, -0.05) is 56.7 Å². The molecule has 2 unspecified atom stereocenters. The van der Waals surface area contributed by atoms with Crippen LogP contribution in [0.15, 0.2) is 41.8 Å². The Kier molecular flexibility index (Phi) is 7.83. The Bertz CT molecular complexity index is 918. The lowest BCUT2D eigenvalue weighted by Crippen LogP contribution is -2.76. The number of piperazine rings is 1. The van der Waals surface area contributed by atoms with Gasteiger partial charge in [0.1, 0.15) is 12.2 Å². The molecule has 34 heavy (non-hydrogen) atoms. The van der Waals surface area contributed by atoms with Gasteiger partial charge >= 0.3 is 6.03 Å². The first kappa shape index (κ1) is 24.6. The molecule has 0 spiro atoms. The fourth-order valence-electron chi connectivity index (χ4n) is 4.97. The normalized spacial score (nSPS) is 26.1. The molecule has 9 heteroatoms. The van der Waals surface area contributed by atoms with Crippen molar-refractivity contribution in [2.24, 2.45) is 5.92 Å². The zero-order chi connectivity index (χ0) is 24.2. The molecule has 184 valence electrons. The molecule has 2 fully saturated rings. The number of allylic oxidation sites excluding steroid dienone is 1. The Morgan fingerprint density at radius 1 is 1.24 bits per heavy atom. The number of rotatable bonds is 7. The van der Waals surface area contributed by atoms with E-state index in [1.807, 2.05) is 60.8 Å². The summed E-state index contributed by atoms with van der Waals surface area (Å²) < 4.78 is 0. The number of fused-ring (bicyclic) bond motifs is 1. The van der Waals surface area contributed by atoms with E-state index in [-0.39, 0.29) is 30.3 Å². The number of hydrazine groups is 1. The highest BCUT2D eigenvalue weighted by atomic mass is 32.2. The van der Waals surface area contributed by atoms with Gasteiger partial charge in [-0.15, -0.1) is 11.8 Å². The van der Waals surface area contributed by atoms with E-state index in [2.05, 4.69) is 16.8 Å². The van der Waals surface area contributed by atoms with Crippen LogP contribution in [0.4, 0.5) is 4.79 Å². The summed E-state index contributed by atoms with van der Waals surface area (Å²) in [6.45, 7) is 5.48. The Balaban J connectivity index is 1.55. The molecule has 0 bridgehead atoms. The number of likely N-dealkylation sites (N-methyl/N-ethyl adjacent to an activating group) is 1. The summed E-state index contributed by atoms with van der Waals surface area (Å²) in [6, 6.07) is 8.93. The lowest BCUT2D eigenvalue weighted by atomic mass is 9.92. The van der Waals surface area contributed by atoms with Crippen LogP contribution in [0.2, 0.25) is 0 Å². The average molecular weight is 486 g/mol. The van der Waals surface area contributed by atoms with E-state index < -0.39 is 12.2 Å². The first-order valence-corrected chi connectivity index (χ1v) is 13.1. The van der Waals surface area contributed by atoms with Crippen molar-refractivity contribution in [3.05, 3.63) is 47.4 Å². The minimum atomic E-state index is -0.552. The number of nitrogens with zero attached hydrogens (tertiary/aromatic N) is 4. The molecule has 1 N–H and O–H groups in total. The van der Waals surface area contributed by atoms with Crippen molar-refractivity contribution in [3.8, 4) is 0 Å². The van der Waals surface area contributed by atoms with Crippen LogP contribution in [0.5, 0.6) is 0 Å². The Morgan fingerprint density at radius 2 is 2.00 bits per heavy atom. The number of urea groups is 1. The molecule has 3 aliphatic heterocycles. The molecule has 0 saturated carbocycles. The second kappa shape index (κ2) is 10.8. The first-order chi connectivity index (χ1) is 16.4. The van der Waals surface area contributed by atoms with Crippen molar-refractivity contribution in [1.82, 2.24) is 25.1 Å². The molecular formula is C25H35N5O3S. The lowest BCUT2D eigenvalue weighted by Gasteiger charge is -2.55. The van der Waals surface area contributed by atoms with Gasteiger partial charge < -0.3 is 15.1 Å². The maximum absolute atomic E-state index is 13.6. The number of thioether (sulfide) groups is 1. The van der Waals surface area contributed by atoms with Crippen LogP contribution in [0.25, 0.3) is 0 Å².